The minimum Gasteiger partial charge on any atom is -0.378 e. The van der Waals surface area contributed by atoms with Gasteiger partial charge in [-0.05, 0) is 55.2 Å². The number of fused-ring (bicyclic) bond motifs is 1. The number of nitrogens with one attached hydrogen (secondary N) is 1. The Morgan fingerprint density at radius 3 is 3.00 bits per heavy atom. The molecule has 1 aliphatic carbocycles. The molecule has 0 aliphatic heterocycles. The molecule has 1 heterocycles. The molecule has 2 aromatic rings. The van der Waals surface area contributed by atoms with E-state index in [-0.39, 0.29) is 5.82 Å². The Hall–Kier alpha value is -1.06. The van der Waals surface area contributed by atoms with Gasteiger partial charge in [0.25, 0.3) is 0 Å². The molecule has 18 heavy (non-hydrogen) atoms. The van der Waals surface area contributed by atoms with Crippen LogP contribution >= 0.6 is 22.9 Å². The number of thiophene rings is 1. The zero-order valence-corrected chi connectivity index (χ0v) is 11.5. The minimum atomic E-state index is -0.191. The van der Waals surface area contributed by atoms with Crippen LogP contribution in [0.1, 0.15) is 28.5 Å². The standard InChI is InChI=1S/C14H13ClFNS/c1-8-6-9(16)2-3-11(8)17-12-4-5-13-10(12)7-14(15)18-13/h2-3,6-7,12,17H,4-5H2,1H3. The normalized spacial score (nSPS) is 17.8. The molecule has 0 amide bonds. The Bertz CT molecular complexity index is 593. The first-order chi connectivity index (χ1) is 8.63. The molecule has 4 heteroatoms. The SMILES string of the molecule is Cc1cc(F)ccc1NC1CCc2sc(Cl)cc21. The molecule has 1 N–H and O–H groups in total. The second kappa shape index (κ2) is 4.56. The van der Waals surface area contributed by atoms with Crippen LogP contribution in [0.15, 0.2) is 24.3 Å². The first kappa shape index (κ1) is 12.0. The fourth-order valence-corrected chi connectivity index (χ4v) is 3.81. The van der Waals surface area contributed by atoms with Gasteiger partial charge in [-0.25, -0.2) is 4.39 Å². The van der Waals surface area contributed by atoms with Crippen LogP contribution in [0.3, 0.4) is 0 Å². The molecule has 1 aliphatic rings. The number of rotatable bonds is 2. The molecule has 1 aromatic heterocycles. The van der Waals surface area contributed by atoms with Crippen LogP contribution in [0, 0.1) is 12.7 Å². The zero-order valence-electron chi connectivity index (χ0n) is 9.97. The topological polar surface area (TPSA) is 12.0 Å². The predicted octanol–water partition coefficient (Wildman–Crippen LogP) is 4.95. The van der Waals surface area contributed by atoms with E-state index in [2.05, 4.69) is 5.32 Å². The second-order valence-electron chi connectivity index (χ2n) is 4.62. The summed E-state index contributed by atoms with van der Waals surface area (Å²) < 4.78 is 13.9. The van der Waals surface area contributed by atoms with E-state index in [9.17, 15) is 4.39 Å². The lowest BCUT2D eigenvalue weighted by Crippen LogP contribution is -2.07. The van der Waals surface area contributed by atoms with Crippen LogP contribution in [-0.4, -0.2) is 0 Å². The summed E-state index contributed by atoms with van der Waals surface area (Å²) in [6, 6.07) is 7.19. The van der Waals surface area contributed by atoms with Crippen molar-refractivity contribution in [2.24, 2.45) is 0 Å². The van der Waals surface area contributed by atoms with Crippen molar-refractivity contribution in [3.8, 4) is 0 Å². The average Bonchev–Trinajstić information content (AvgIpc) is 2.83. The third-order valence-corrected chi connectivity index (χ3v) is 4.70. The Labute approximate surface area is 115 Å². The van der Waals surface area contributed by atoms with Crippen molar-refractivity contribution in [2.45, 2.75) is 25.8 Å². The highest BCUT2D eigenvalue weighted by molar-refractivity contribution is 7.16. The molecule has 3 rings (SSSR count). The lowest BCUT2D eigenvalue weighted by molar-refractivity contribution is 0.626. The van der Waals surface area contributed by atoms with E-state index in [0.29, 0.717) is 6.04 Å². The van der Waals surface area contributed by atoms with Crippen LogP contribution in [0.5, 0.6) is 0 Å². The summed E-state index contributed by atoms with van der Waals surface area (Å²) in [6.45, 7) is 1.92. The number of halogens is 2. The van der Waals surface area contributed by atoms with Crippen molar-refractivity contribution >= 4 is 28.6 Å². The van der Waals surface area contributed by atoms with E-state index >= 15 is 0 Å². The van der Waals surface area contributed by atoms with Crippen LogP contribution in [0.2, 0.25) is 4.34 Å². The smallest absolute Gasteiger partial charge is 0.123 e. The van der Waals surface area contributed by atoms with Gasteiger partial charge in [-0.2, -0.15) is 0 Å². The average molecular weight is 282 g/mol. The van der Waals surface area contributed by atoms with Gasteiger partial charge < -0.3 is 5.32 Å². The van der Waals surface area contributed by atoms with Gasteiger partial charge in [-0.15, -0.1) is 11.3 Å². The maximum absolute atomic E-state index is 13.1. The molecular weight excluding hydrogens is 269 g/mol. The van der Waals surface area contributed by atoms with E-state index in [4.69, 9.17) is 11.6 Å². The molecular formula is C14H13ClFNS. The molecule has 0 radical (unpaired) electrons. The van der Waals surface area contributed by atoms with E-state index in [1.54, 1.807) is 23.5 Å². The van der Waals surface area contributed by atoms with Gasteiger partial charge in [0.2, 0.25) is 0 Å². The number of hydrogen-bond acceptors (Lipinski definition) is 2. The fraction of sp³-hybridized carbons (Fsp3) is 0.286. The van der Waals surface area contributed by atoms with Gasteiger partial charge in [-0.3, -0.25) is 0 Å². The molecule has 0 fully saturated rings. The Balaban J connectivity index is 1.85. The number of aryl methyl sites for hydroxylation is 2. The van der Waals surface area contributed by atoms with Gasteiger partial charge in [0.15, 0.2) is 0 Å². The summed E-state index contributed by atoms with van der Waals surface area (Å²) in [5.74, 6) is -0.191. The number of hydrogen-bond donors (Lipinski definition) is 1. The zero-order chi connectivity index (χ0) is 12.7. The third kappa shape index (κ3) is 2.13. The first-order valence-electron chi connectivity index (χ1n) is 5.94. The van der Waals surface area contributed by atoms with Crippen LogP contribution in [0.25, 0.3) is 0 Å². The van der Waals surface area contributed by atoms with E-state index < -0.39 is 0 Å². The van der Waals surface area contributed by atoms with Gasteiger partial charge >= 0.3 is 0 Å². The first-order valence-corrected chi connectivity index (χ1v) is 7.14. The summed E-state index contributed by atoms with van der Waals surface area (Å²) >= 11 is 7.70. The molecule has 1 unspecified atom stereocenters. The molecule has 1 aromatic carbocycles. The highest BCUT2D eigenvalue weighted by Crippen LogP contribution is 2.41. The molecule has 0 saturated heterocycles. The van der Waals surface area contributed by atoms with Gasteiger partial charge in [-0.1, -0.05) is 11.6 Å². The van der Waals surface area contributed by atoms with E-state index in [0.717, 1.165) is 28.4 Å². The third-order valence-electron chi connectivity index (χ3n) is 3.37. The van der Waals surface area contributed by atoms with E-state index in [1.807, 2.05) is 13.0 Å². The quantitative estimate of drug-likeness (QED) is 0.821. The summed E-state index contributed by atoms with van der Waals surface area (Å²) in [5, 5.41) is 3.49. The van der Waals surface area contributed by atoms with E-state index in [1.165, 1.54) is 16.5 Å². The maximum Gasteiger partial charge on any atom is 0.123 e. The lowest BCUT2D eigenvalue weighted by atomic mass is 10.1. The summed E-state index contributed by atoms with van der Waals surface area (Å²) in [4.78, 5) is 1.37. The van der Waals surface area contributed by atoms with Gasteiger partial charge in [0.05, 0.1) is 10.4 Å². The van der Waals surface area contributed by atoms with Crippen molar-refractivity contribution in [1.82, 2.24) is 0 Å². The number of benzene rings is 1. The molecule has 1 nitrogen and oxygen atoms in total. The van der Waals surface area contributed by atoms with Gasteiger partial charge in [0, 0.05) is 10.6 Å². The monoisotopic (exact) mass is 281 g/mol. The van der Waals surface area contributed by atoms with Crippen molar-refractivity contribution in [3.05, 3.63) is 50.4 Å². The molecule has 0 spiro atoms. The molecule has 0 bridgehead atoms. The Kier molecular flexibility index (Phi) is 3.04. The molecule has 94 valence electrons. The molecule has 1 atom stereocenters. The highest BCUT2D eigenvalue weighted by atomic mass is 35.5. The second-order valence-corrected chi connectivity index (χ2v) is 6.39. The summed E-state index contributed by atoms with van der Waals surface area (Å²) in [5.41, 5.74) is 3.23. The van der Waals surface area contributed by atoms with Crippen molar-refractivity contribution in [2.75, 3.05) is 5.32 Å². The minimum absolute atomic E-state index is 0.191. The Morgan fingerprint density at radius 1 is 1.39 bits per heavy atom. The summed E-state index contributed by atoms with van der Waals surface area (Å²) in [7, 11) is 0. The van der Waals surface area contributed by atoms with Crippen LogP contribution in [0.4, 0.5) is 10.1 Å². The Morgan fingerprint density at radius 2 is 2.22 bits per heavy atom. The maximum atomic E-state index is 13.1. The van der Waals surface area contributed by atoms with Crippen LogP contribution in [-0.2, 0) is 6.42 Å². The largest absolute Gasteiger partial charge is 0.378 e. The van der Waals surface area contributed by atoms with Gasteiger partial charge in [0.1, 0.15) is 5.82 Å². The lowest BCUT2D eigenvalue weighted by Gasteiger charge is -2.16. The van der Waals surface area contributed by atoms with Crippen molar-refractivity contribution in [3.63, 3.8) is 0 Å². The fourth-order valence-electron chi connectivity index (χ4n) is 2.46. The van der Waals surface area contributed by atoms with Crippen molar-refractivity contribution < 1.29 is 4.39 Å². The molecule has 0 saturated carbocycles. The predicted molar refractivity (Wildman–Crippen MR) is 75.2 cm³/mol. The number of anilines is 1. The van der Waals surface area contributed by atoms with Crippen molar-refractivity contribution in [1.29, 1.82) is 0 Å². The highest BCUT2D eigenvalue weighted by Gasteiger charge is 2.25. The van der Waals surface area contributed by atoms with Crippen LogP contribution < -0.4 is 5.32 Å². The summed E-state index contributed by atoms with van der Waals surface area (Å²) in [6.07, 6.45) is 2.15.